The fourth-order valence-electron chi connectivity index (χ4n) is 4.35. The molecule has 172 valence electrons. The van der Waals surface area contributed by atoms with Crippen LogP contribution in [0.4, 0.5) is 5.69 Å². The summed E-state index contributed by atoms with van der Waals surface area (Å²) in [6, 6.07) is 14.5. The number of carbonyl (C=O) groups excluding carboxylic acids is 1. The van der Waals surface area contributed by atoms with Crippen molar-refractivity contribution in [2.24, 2.45) is 0 Å². The number of hydrazine groups is 2. The Labute approximate surface area is 194 Å². The van der Waals surface area contributed by atoms with Crippen molar-refractivity contribution in [2.45, 2.75) is 25.8 Å². The molecule has 0 saturated heterocycles. The van der Waals surface area contributed by atoms with Gasteiger partial charge in [-0.25, -0.2) is 0 Å². The van der Waals surface area contributed by atoms with Crippen LogP contribution in [-0.2, 0) is 11.2 Å². The molecule has 2 heterocycles. The number of amides is 1. The number of carbonyl (C=O) groups is 1. The van der Waals surface area contributed by atoms with Gasteiger partial charge in [0.05, 0.1) is 23.9 Å². The van der Waals surface area contributed by atoms with Crippen LogP contribution in [0.25, 0.3) is 11.3 Å². The molecule has 2 aromatic carbocycles. The smallest absolute Gasteiger partial charge is 0.224 e. The van der Waals surface area contributed by atoms with Crippen molar-refractivity contribution in [2.75, 3.05) is 26.0 Å². The molecular weight excluding hydrogens is 414 g/mol. The maximum Gasteiger partial charge on any atom is 0.224 e. The van der Waals surface area contributed by atoms with Crippen LogP contribution in [0.3, 0.4) is 0 Å². The number of nitrogens with one attached hydrogen (secondary N) is 6. The van der Waals surface area contributed by atoms with Gasteiger partial charge in [0.2, 0.25) is 5.91 Å². The number of allylic oxidation sites excluding steroid dienone is 2. The van der Waals surface area contributed by atoms with Gasteiger partial charge in [0.1, 0.15) is 0 Å². The summed E-state index contributed by atoms with van der Waals surface area (Å²) in [5.41, 5.74) is 14.9. The number of hydrogen-bond donors (Lipinski definition) is 6. The van der Waals surface area contributed by atoms with Crippen LogP contribution in [0.5, 0.6) is 0 Å². The van der Waals surface area contributed by atoms with Gasteiger partial charge in [-0.3, -0.25) is 9.80 Å². The van der Waals surface area contributed by atoms with Gasteiger partial charge >= 0.3 is 0 Å². The summed E-state index contributed by atoms with van der Waals surface area (Å²) < 4.78 is 0. The predicted molar refractivity (Wildman–Crippen MR) is 133 cm³/mol. The monoisotopic (exact) mass is 445 g/mol. The molecule has 0 saturated carbocycles. The maximum atomic E-state index is 11.7. The summed E-state index contributed by atoms with van der Waals surface area (Å²) in [5.74, 6) is 0.00269. The highest BCUT2D eigenvalue weighted by Crippen LogP contribution is 2.38. The summed E-state index contributed by atoms with van der Waals surface area (Å²) in [6.45, 7) is 2.91. The molecule has 0 fully saturated rings. The highest BCUT2D eigenvalue weighted by Gasteiger charge is 2.30. The molecule has 8 heteroatoms. The molecule has 2 aliphatic rings. The lowest BCUT2D eigenvalue weighted by atomic mass is 9.92. The van der Waals surface area contributed by atoms with E-state index >= 15 is 0 Å². The second-order valence-corrected chi connectivity index (χ2v) is 8.23. The van der Waals surface area contributed by atoms with E-state index < -0.39 is 0 Å². The number of benzene rings is 2. The standard InChI is InChI=1S/C25H31N7O/c1-16-25-21-9-6-18(19(14-26)15-27-2)13-22(21)23(10-11-32(25)31-30-16)29-20-7-4-17(5-8-20)12-24(33)28-3/h4-9,13-15,23,26-27,29-31H,10-12H2,1-3H3,(H,28,33)/b19-15+,26-14?. The Kier molecular flexibility index (Phi) is 6.65. The Balaban J connectivity index is 1.70. The first-order valence-corrected chi connectivity index (χ1v) is 11.1. The minimum atomic E-state index is 0.00269. The second-order valence-electron chi connectivity index (χ2n) is 8.23. The Morgan fingerprint density at radius 2 is 2.00 bits per heavy atom. The lowest BCUT2D eigenvalue weighted by molar-refractivity contribution is -0.119. The van der Waals surface area contributed by atoms with Gasteiger partial charge in [-0.15, -0.1) is 5.53 Å². The fraction of sp³-hybridized carbons (Fsp3) is 0.280. The molecule has 6 N–H and O–H groups in total. The first kappa shape index (κ1) is 22.4. The predicted octanol–water partition coefficient (Wildman–Crippen LogP) is 2.76. The first-order chi connectivity index (χ1) is 16.0. The van der Waals surface area contributed by atoms with E-state index in [2.05, 4.69) is 57.0 Å². The molecule has 1 atom stereocenters. The topological polar surface area (TPSA) is 104 Å². The molecule has 0 aromatic heterocycles. The Hall–Kier alpha value is -3.78. The molecule has 1 amide bonds. The number of rotatable bonds is 7. The van der Waals surface area contributed by atoms with Gasteiger partial charge in [-0.2, -0.15) is 0 Å². The minimum absolute atomic E-state index is 0.00269. The van der Waals surface area contributed by atoms with Crippen LogP contribution in [-0.4, -0.2) is 37.8 Å². The van der Waals surface area contributed by atoms with Gasteiger partial charge in [0, 0.05) is 49.9 Å². The maximum absolute atomic E-state index is 11.7. The fourth-order valence-corrected chi connectivity index (χ4v) is 4.35. The van der Waals surface area contributed by atoms with Crippen molar-refractivity contribution >= 4 is 29.1 Å². The van der Waals surface area contributed by atoms with Crippen molar-refractivity contribution in [1.29, 1.82) is 5.41 Å². The average molecular weight is 446 g/mol. The Morgan fingerprint density at radius 3 is 2.70 bits per heavy atom. The number of fused-ring (bicyclic) bond motifs is 3. The first-order valence-electron chi connectivity index (χ1n) is 11.1. The number of likely N-dealkylation sites (N-methyl/N-ethyl adjacent to an activating group) is 1. The van der Waals surface area contributed by atoms with Crippen molar-refractivity contribution in [3.63, 3.8) is 0 Å². The van der Waals surface area contributed by atoms with Crippen LogP contribution in [0.15, 0.2) is 54.4 Å². The van der Waals surface area contributed by atoms with E-state index in [0.717, 1.165) is 52.3 Å². The van der Waals surface area contributed by atoms with Gasteiger partial charge in [-0.1, -0.05) is 24.3 Å². The molecule has 0 spiro atoms. The third kappa shape index (κ3) is 4.70. The van der Waals surface area contributed by atoms with Crippen LogP contribution < -0.4 is 26.9 Å². The molecule has 0 aliphatic carbocycles. The molecule has 1 unspecified atom stereocenters. The number of nitrogens with zero attached hydrogens (tertiary/aromatic N) is 1. The van der Waals surface area contributed by atoms with Gasteiger partial charge in [0.25, 0.3) is 0 Å². The minimum Gasteiger partial charge on any atom is -0.393 e. The molecule has 4 rings (SSSR count). The summed E-state index contributed by atoms with van der Waals surface area (Å²) in [5, 5.41) is 19.4. The third-order valence-electron chi connectivity index (χ3n) is 6.05. The van der Waals surface area contributed by atoms with Gasteiger partial charge in [0.15, 0.2) is 0 Å². The highest BCUT2D eigenvalue weighted by atomic mass is 16.1. The van der Waals surface area contributed by atoms with Gasteiger partial charge < -0.3 is 26.8 Å². The highest BCUT2D eigenvalue weighted by molar-refractivity contribution is 6.08. The number of anilines is 1. The normalized spacial score (nSPS) is 17.5. The zero-order chi connectivity index (χ0) is 23.4. The van der Waals surface area contributed by atoms with E-state index in [1.165, 1.54) is 11.8 Å². The Morgan fingerprint density at radius 1 is 1.21 bits per heavy atom. The zero-order valence-corrected chi connectivity index (χ0v) is 19.3. The van der Waals surface area contributed by atoms with E-state index in [1.54, 1.807) is 7.05 Å². The van der Waals surface area contributed by atoms with Crippen LogP contribution in [0.1, 0.15) is 41.6 Å². The molecular formula is C25H31N7O. The molecule has 0 bridgehead atoms. The van der Waals surface area contributed by atoms with E-state index in [-0.39, 0.29) is 11.9 Å². The van der Waals surface area contributed by atoms with Crippen molar-refractivity contribution < 1.29 is 4.79 Å². The van der Waals surface area contributed by atoms with Crippen molar-refractivity contribution in [1.82, 2.24) is 26.6 Å². The zero-order valence-electron chi connectivity index (χ0n) is 19.3. The van der Waals surface area contributed by atoms with Gasteiger partial charge in [-0.05, 0) is 48.2 Å². The average Bonchev–Trinajstić information content (AvgIpc) is 3.12. The Bertz CT molecular complexity index is 1100. The molecule has 2 aliphatic heterocycles. The van der Waals surface area contributed by atoms with E-state index in [1.807, 2.05) is 37.5 Å². The lowest BCUT2D eigenvalue weighted by Gasteiger charge is -2.22. The van der Waals surface area contributed by atoms with E-state index in [9.17, 15) is 4.79 Å². The third-order valence-corrected chi connectivity index (χ3v) is 6.05. The van der Waals surface area contributed by atoms with Crippen molar-refractivity contribution in [3.8, 4) is 0 Å². The summed E-state index contributed by atoms with van der Waals surface area (Å²) in [4.78, 5) is 11.7. The molecule has 8 nitrogen and oxygen atoms in total. The van der Waals surface area contributed by atoms with Crippen LogP contribution in [0, 0.1) is 5.41 Å². The van der Waals surface area contributed by atoms with E-state index in [0.29, 0.717) is 6.42 Å². The quantitative estimate of drug-likeness (QED) is 0.366. The number of hydrogen-bond acceptors (Lipinski definition) is 7. The summed E-state index contributed by atoms with van der Waals surface area (Å²) >= 11 is 0. The largest absolute Gasteiger partial charge is 0.393 e. The van der Waals surface area contributed by atoms with E-state index in [4.69, 9.17) is 5.41 Å². The van der Waals surface area contributed by atoms with Crippen LogP contribution in [0.2, 0.25) is 0 Å². The molecule has 0 radical (unpaired) electrons. The lowest BCUT2D eigenvalue weighted by Crippen LogP contribution is -2.37. The second kappa shape index (κ2) is 9.79. The molecule has 2 aromatic rings. The summed E-state index contributed by atoms with van der Waals surface area (Å²) in [6.07, 6.45) is 4.47. The SMILES string of the molecule is CN/C=C(\C=N)c1ccc2c(c1)C(Nc1ccc(CC(=O)NC)cc1)CCN1NNC(C)=C21. The van der Waals surface area contributed by atoms with Crippen LogP contribution >= 0.6 is 0 Å². The molecule has 33 heavy (non-hydrogen) atoms. The summed E-state index contributed by atoms with van der Waals surface area (Å²) in [7, 11) is 3.49. The van der Waals surface area contributed by atoms with Crippen molar-refractivity contribution in [3.05, 3.63) is 76.6 Å².